The highest BCUT2D eigenvalue weighted by atomic mass is 16.6. The summed E-state index contributed by atoms with van der Waals surface area (Å²) in [6, 6.07) is 0. The van der Waals surface area contributed by atoms with E-state index in [1.807, 2.05) is 5.32 Å². The smallest absolute Gasteiger partial charge is 0.414 e. The number of nitrogens with one attached hydrogen (secondary N) is 1. The van der Waals surface area contributed by atoms with Crippen LogP contribution in [0.3, 0.4) is 0 Å². The Morgan fingerprint density at radius 1 is 1.20 bits per heavy atom. The van der Waals surface area contributed by atoms with Crippen LogP contribution in [0, 0.1) is 0 Å². The first-order valence-electron chi connectivity index (χ1n) is 4.34. The Bertz CT molecular complexity index is 266. The first kappa shape index (κ1) is 13.4. The molecule has 0 saturated heterocycles. The molecule has 0 heterocycles. The maximum atomic E-state index is 11.0. The van der Waals surface area contributed by atoms with Crippen LogP contribution < -0.4 is 5.32 Å². The van der Waals surface area contributed by atoms with E-state index in [1.165, 1.54) is 0 Å². The molecule has 0 aliphatic rings. The normalized spacial score (nSPS) is 10.4. The molecule has 1 N–H and O–H groups in total. The van der Waals surface area contributed by atoms with E-state index in [9.17, 15) is 14.4 Å². The molecule has 6 heteroatoms. The first-order chi connectivity index (χ1) is 6.74. The van der Waals surface area contributed by atoms with Gasteiger partial charge in [0, 0.05) is 0 Å². The van der Waals surface area contributed by atoms with Gasteiger partial charge >= 0.3 is 12.1 Å². The Morgan fingerprint density at radius 2 is 1.73 bits per heavy atom. The van der Waals surface area contributed by atoms with Crippen LogP contribution in [0.25, 0.3) is 0 Å². The van der Waals surface area contributed by atoms with E-state index >= 15 is 0 Å². The number of carbonyl (C=O) groups is 3. The lowest BCUT2D eigenvalue weighted by Crippen LogP contribution is -2.37. The molecule has 2 amide bonds. The second-order valence-corrected chi connectivity index (χ2v) is 3.80. The highest BCUT2D eigenvalue weighted by molar-refractivity contribution is 6.00. The molecule has 0 rings (SSSR count). The van der Waals surface area contributed by atoms with Crippen molar-refractivity contribution in [2.45, 2.75) is 32.8 Å². The minimum atomic E-state index is -0.878. The molecule has 6 nitrogen and oxygen atoms in total. The molecule has 0 aromatic carbocycles. The molecular weight excluding hydrogens is 202 g/mol. The van der Waals surface area contributed by atoms with Gasteiger partial charge in [0.15, 0.2) is 0 Å². The van der Waals surface area contributed by atoms with Crippen LogP contribution in [0.15, 0.2) is 0 Å². The highest BCUT2D eigenvalue weighted by Crippen LogP contribution is 2.06. The number of esters is 1. The van der Waals surface area contributed by atoms with Gasteiger partial charge in [-0.2, -0.15) is 0 Å². The zero-order valence-corrected chi connectivity index (χ0v) is 9.25. The van der Waals surface area contributed by atoms with Crippen molar-refractivity contribution in [1.29, 1.82) is 0 Å². The van der Waals surface area contributed by atoms with Gasteiger partial charge in [-0.1, -0.05) is 0 Å². The number of imide groups is 1. The van der Waals surface area contributed by atoms with E-state index in [0.29, 0.717) is 0 Å². The number of hydrogen-bond acceptors (Lipinski definition) is 5. The fourth-order valence-corrected chi connectivity index (χ4v) is 0.665. The van der Waals surface area contributed by atoms with Crippen molar-refractivity contribution < 1.29 is 23.9 Å². The summed E-state index contributed by atoms with van der Waals surface area (Å²) in [5.41, 5.74) is -0.685. The average Bonchev–Trinajstić information content (AvgIpc) is 1.99. The van der Waals surface area contributed by atoms with Gasteiger partial charge in [-0.3, -0.25) is 14.9 Å². The summed E-state index contributed by atoms with van der Waals surface area (Å²) in [5, 5.41) is 1.90. The van der Waals surface area contributed by atoms with E-state index < -0.39 is 30.0 Å². The van der Waals surface area contributed by atoms with Gasteiger partial charge in [0.2, 0.25) is 5.91 Å². The third kappa shape index (κ3) is 7.48. The Labute approximate surface area is 87.9 Å². The van der Waals surface area contributed by atoms with Gasteiger partial charge in [0.1, 0.15) is 12.0 Å². The predicted molar refractivity (Wildman–Crippen MR) is 51.0 cm³/mol. The molecule has 0 atom stereocenters. The van der Waals surface area contributed by atoms with E-state index in [1.54, 1.807) is 20.8 Å². The largest absolute Gasteiger partial charge is 0.469 e. The molecule has 0 aromatic rings. The first-order valence-corrected chi connectivity index (χ1v) is 4.34. The highest BCUT2D eigenvalue weighted by Gasteiger charge is 2.19. The maximum absolute atomic E-state index is 11.0. The molecule has 0 saturated carbocycles. The second-order valence-electron chi connectivity index (χ2n) is 3.80. The van der Waals surface area contributed by atoms with Crippen LogP contribution in [-0.2, 0) is 19.1 Å². The van der Waals surface area contributed by atoms with Crippen LogP contribution in [0.5, 0.6) is 0 Å². The van der Waals surface area contributed by atoms with Gasteiger partial charge in [0.25, 0.3) is 0 Å². The summed E-state index contributed by atoms with van der Waals surface area (Å²) in [7, 11) is 1.16. The summed E-state index contributed by atoms with van der Waals surface area (Å²) >= 11 is 0. The lowest BCUT2D eigenvalue weighted by molar-refractivity contribution is -0.143. The molecule has 0 spiro atoms. The van der Waals surface area contributed by atoms with Crippen molar-refractivity contribution in [2.75, 3.05) is 7.11 Å². The van der Waals surface area contributed by atoms with Gasteiger partial charge in [0.05, 0.1) is 7.11 Å². The molecule has 15 heavy (non-hydrogen) atoms. The third-order valence-electron chi connectivity index (χ3n) is 1.17. The number of hydrogen-bond donors (Lipinski definition) is 1. The molecule has 0 aromatic heterocycles. The zero-order chi connectivity index (χ0) is 12.1. The van der Waals surface area contributed by atoms with Crippen molar-refractivity contribution in [2.24, 2.45) is 0 Å². The average molecular weight is 217 g/mol. The van der Waals surface area contributed by atoms with Crippen LogP contribution in [0.2, 0.25) is 0 Å². The van der Waals surface area contributed by atoms with Gasteiger partial charge < -0.3 is 9.47 Å². The molecular formula is C9H15NO5. The van der Waals surface area contributed by atoms with E-state index in [4.69, 9.17) is 4.74 Å². The lowest BCUT2D eigenvalue weighted by Gasteiger charge is -2.19. The van der Waals surface area contributed by atoms with E-state index in [2.05, 4.69) is 4.74 Å². The summed E-state index contributed by atoms with van der Waals surface area (Å²) in [5.74, 6) is -1.47. The molecule has 86 valence electrons. The van der Waals surface area contributed by atoms with E-state index in [-0.39, 0.29) is 0 Å². The van der Waals surface area contributed by atoms with Crippen molar-refractivity contribution in [1.82, 2.24) is 5.32 Å². The quantitative estimate of drug-likeness (QED) is 0.541. The van der Waals surface area contributed by atoms with Crippen molar-refractivity contribution in [3.05, 3.63) is 0 Å². The SMILES string of the molecule is COC(=O)CC(=O)NC(=O)OC(C)(C)C. The Balaban J connectivity index is 3.98. The summed E-state index contributed by atoms with van der Waals surface area (Å²) in [6.07, 6.45) is -1.38. The van der Waals surface area contributed by atoms with Gasteiger partial charge in [-0.25, -0.2) is 4.79 Å². The molecule has 0 fully saturated rings. The third-order valence-corrected chi connectivity index (χ3v) is 1.17. The second kappa shape index (κ2) is 5.33. The Hall–Kier alpha value is -1.59. The molecule has 0 bridgehead atoms. The summed E-state index contributed by atoms with van der Waals surface area (Å²) in [6.45, 7) is 4.99. The van der Waals surface area contributed by atoms with Crippen molar-refractivity contribution >= 4 is 18.0 Å². The minimum Gasteiger partial charge on any atom is -0.469 e. The lowest BCUT2D eigenvalue weighted by atomic mass is 10.2. The number of methoxy groups -OCH3 is 1. The predicted octanol–water partition coefficient (Wildman–Crippen LogP) is 0.601. The van der Waals surface area contributed by atoms with E-state index in [0.717, 1.165) is 7.11 Å². The molecule has 0 unspecified atom stereocenters. The zero-order valence-electron chi connectivity index (χ0n) is 9.25. The standard InChI is InChI=1S/C9H15NO5/c1-9(2,3)15-8(13)10-6(11)5-7(12)14-4/h5H2,1-4H3,(H,10,11,13). The van der Waals surface area contributed by atoms with Crippen LogP contribution in [0.4, 0.5) is 4.79 Å². The Kier molecular flexibility index (Phi) is 4.77. The number of carbonyl (C=O) groups excluding carboxylic acids is 3. The number of amides is 2. The van der Waals surface area contributed by atoms with Gasteiger partial charge in [-0.15, -0.1) is 0 Å². The number of ether oxygens (including phenoxy) is 2. The van der Waals surface area contributed by atoms with Crippen LogP contribution >= 0.6 is 0 Å². The molecule has 0 radical (unpaired) electrons. The van der Waals surface area contributed by atoms with Crippen molar-refractivity contribution in [3.63, 3.8) is 0 Å². The number of alkyl carbamates (subject to hydrolysis) is 1. The topological polar surface area (TPSA) is 81.7 Å². The van der Waals surface area contributed by atoms with Gasteiger partial charge in [-0.05, 0) is 20.8 Å². The summed E-state index contributed by atoms with van der Waals surface area (Å²) in [4.78, 5) is 32.7. The fraction of sp³-hybridized carbons (Fsp3) is 0.667. The fourth-order valence-electron chi connectivity index (χ4n) is 0.665. The maximum Gasteiger partial charge on any atom is 0.414 e. The molecule has 0 aliphatic heterocycles. The minimum absolute atomic E-state index is 0.504. The summed E-state index contributed by atoms with van der Waals surface area (Å²) < 4.78 is 9.05. The number of rotatable bonds is 2. The van der Waals surface area contributed by atoms with Crippen LogP contribution in [-0.4, -0.2) is 30.7 Å². The Morgan fingerprint density at radius 3 is 2.13 bits per heavy atom. The monoisotopic (exact) mass is 217 g/mol. The van der Waals surface area contributed by atoms with Crippen LogP contribution in [0.1, 0.15) is 27.2 Å². The van der Waals surface area contributed by atoms with Crippen molar-refractivity contribution in [3.8, 4) is 0 Å². The molecule has 0 aliphatic carbocycles.